The first-order chi connectivity index (χ1) is 4.74. The molecule has 0 atom stereocenters. The predicted molar refractivity (Wildman–Crippen MR) is 30.8 cm³/mol. The molecule has 0 saturated carbocycles. The fraction of sp³-hybridized carbons (Fsp3) is 0.250. The second-order valence-electron chi connectivity index (χ2n) is 1.61. The van der Waals surface area contributed by atoms with Crippen molar-refractivity contribution in [3.63, 3.8) is 0 Å². The van der Waals surface area contributed by atoms with Gasteiger partial charge in [0, 0.05) is 0 Å². The minimum atomic E-state index is -0.702. The zero-order valence-corrected chi connectivity index (χ0v) is 5.06. The van der Waals surface area contributed by atoms with E-state index in [0.717, 1.165) is 4.68 Å². The van der Waals surface area contributed by atoms with Gasteiger partial charge in [-0.05, 0) is 0 Å². The largest absolute Gasteiger partial charge is 0.374 e. The third kappa shape index (κ3) is 1.11. The van der Waals surface area contributed by atoms with Crippen molar-refractivity contribution in [1.29, 1.82) is 0 Å². The highest BCUT2D eigenvalue weighted by Gasteiger charge is 2.04. The molecule has 10 heavy (non-hydrogen) atoms. The van der Waals surface area contributed by atoms with Crippen molar-refractivity contribution in [3.05, 3.63) is 12.2 Å². The molecule has 0 aliphatic heterocycles. The summed E-state index contributed by atoms with van der Waals surface area (Å²) in [4.78, 5) is 13.8. The highest BCUT2D eigenvalue weighted by Crippen LogP contribution is 1.85. The van der Waals surface area contributed by atoms with E-state index in [9.17, 15) is 4.79 Å². The van der Waals surface area contributed by atoms with Crippen molar-refractivity contribution in [2.75, 3.05) is 0 Å². The number of aliphatic hydroxyl groups is 1. The minimum Gasteiger partial charge on any atom is -0.374 e. The summed E-state index contributed by atoms with van der Waals surface area (Å²) in [6.45, 7) is -0.305. The number of hydrogen-bond donors (Lipinski definition) is 2. The average molecular weight is 142 g/mol. The number of nitrogens with zero attached hydrogens (tertiary/aromatic N) is 3. The molecular formula is C4H6N4O2. The van der Waals surface area contributed by atoms with E-state index in [1.54, 1.807) is 0 Å². The fourth-order valence-electron chi connectivity index (χ4n) is 0.476. The third-order valence-electron chi connectivity index (χ3n) is 0.902. The number of nitrogens with two attached hydrogens (primary N) is 1. The van der Waals surface area contributed by atoms with Gasteiger partial charge in [-0.2, -0.15) is 0 Å². The van der Waals surface area contributed by atoms with Crippen LogP contribution in [-0.4, -0.2) is 25.8 Å². The van der Waals surface area contributed by atoms with Crippen LogP contribution in [0.15, 0.2) is 6.33 Å². The van der Waals surface area contributed by atoms with E-state index in [1.807, 2.05) is 0 Å². The van der Waals surface area contributed by atoms with E-state index >= 15 is 0 Å². The Labute approximate surface area is 56.3 Å². The molecule has 1 rings (SSSR count). The Bertz CT molecular complexity index is 243. The molecule has 0 saturated heterocycles. The maximum Gasteiger partial charge on any atom is 0.288 e. The second kappa shape index (κ2) is 2.44. The molecule has 6 heteroatoms. The lowest BCUT2D eigenvalue weighted by Gasteiger charge is -1.87. The molecule has 0 spiro atoms. The molecule has 0 bridgehead atoms. The summed E-state index contributed by atoms with van der Waals surface area (Å²) in [5, 5.41) is 12.0. The van der Waals surface area contributed by atoms with Crippen LogP contribution in [0.5, 0.6) is 0 Å². The Hall–Kier alpha value is -1.43. The highest BCUT2D eigenvalue weighted by molar-refractivity contribution is 5.88. The second-order valence-corrected chi connectivity index (χ2v) is 1.61. The maximum atomic E-state index is 10.3. The first-order valence-corrected chi connectivity index (χ1v) is 2.54. The van der Waals surface area contributed by atoms with E-state index in [1.165, 1.54) is 6.33 Å². The van der Waals surface area contributed by atoms with Crippen LogP contribution in [0, 0.1) is 0 Å². The van der Waals surface area contributed by atoms with E-state index in [-0.39, 0.29) is 12.6 Å². The minimum absolute atomic E-state index is 0.0888. The van der Waals surface area contributed by atoms with Gasteiger partial charge in [0.1, 0.15) is 13.1 Å². The molecule has 1 heterocycles. The number of aliphatic hydroxyl groups excluding tert-OH is 1. The van der Waals surface area contributed by atoms with E-state index in [0.29, 0.717) is 0 Å². The molecule has 0 radical (unpaired) electrons. The normalized spacial score (nSPS) is 9.70. The molecular weight excluding hydrogens is 136 g/mol. The third-order valence-corrected chi connectivity index (χ3v) is 0.902. The fourth-order valence-corrected chi connectivity index (χ4v) is 0.476. The van der Waals surface area contributed by atoms with Crippen LogP contribution in [0.3, 0.4) is 0 Å². The summed E-state index contributed by atoms with van der Waals surface area (Å²) in [6, 6.07) is 0. The number of aromatic nitrogens is 3. The lowest BCUT2D eigenvalue weighted by Crippen LogP contribution is -2.13. The first-order valence-electron chi connectivity index (χ1n) is 2.54. The Balaban J connectivity index is 2.88. The molecule has 3 N–H and O–H groups in total. The molecule has 0 aromatic carbocycles. The van der Waals surface area contributed by atoms with Gasteiger partial charge in [-0.1, -0.05) is 0 Å². The quantitative estimate of drug-likeness (QED) is 0.516. The number of amides is 1. The Morgan fingerprint density at radius 1 is 1.90 bits per heavy atom. The number of primary amides is 1. The smallest absolute Gasteiger partial charge is 0.288 e. The number of rotatable bonds is 2. The molecule has 0 unspecified atom stereocenters. The van der Waals surface area contributed by atoms with Crippen LogP contribution in [0.25, 0.3) is 0 Å². The van der Waals surface area contributed by atoms with E-state index in [2.05, 4.69) is 10.1 Å². The van der Waals surface area contributed by atoms with Crippen LogP contribution >= 0.6 is 0 Å². The molecule has 1 amide bonds. The van der Waals surface area contributed by atoms with Gasteiger partial charge in [0.2, 0.25) is 5.82 Å². The molecule has 54 valence electrons. The maximum absolute atomic E-state index is 10.3. The van der Waals surface area contributed by atoms with Crippen molar-refractivity contribution in [2.45, 2.75) is 6.73 Å². The summed E-state index contributed by atoms with van der Waals surface area (Å²) >= 11 is 0. The summed E-state index contributed by atoms with van der Waals surface area (Å²) < 4.78 is 1.10. The van der Waals surface area contributed by atoms with E-state index in [4.69, 9.17) is 10.8 Å². The molecule has 0 aliphatic rings. The van der Waals surface area contributed by atoms with Gasteiger partial charge in [-0.15, -0.1) is 5.10 Å². The zero-order valence-electron chi connectivity index (χ0n) is 5.06. The van der Waals surface area contributed by atoms with Crippen molar-refractivity contribution >= 4 is 5.91 Å². The summed E-state index contributed by atoms with van der Waals surface area (Å²) in [6.07, 6.45) is 1.22. The molecule has 0 aliphatic carbocycles. The van der Waals surface area contributed by atoms with Gasteiger partial charge in [-0.25, -0.2) is 9.67 Å². The lowest BCUT2D eigenvalue weighted by molar-refractivity contribution is 0.0989. The monoisotopic (exact) mass is 142 g/mol. The predicted octanol–water partition coefficient (Wildman–Crippen LogP) is -1.67. The van der Waals surface area contributed by atoms with Crippen molar-refractivity contribution in [3.8, 4) is 0 Å². The van der Waals surface area contributed by atoms with Gasteiger partial charge >= 0.3 is 0 Å². The summed E-state index contributed by atoms with van der Waals surface area (Å²) in [5.74, 6) is -0.791. The van der Waals surface area contributed by atoms with Gasteiger partial charge in [0.15, 0.2) is 0 Å². The van der Waals surface area contributed by atoms with Gasteiger partial charge in [0.05, 0.1) is 0 Å². The van der Waals surface area contributed by atoms with Crippen molar-refractivity contribution in [2.24, 2.45) is 5.73 Å². The Kier molecular flexibility index (Phi) is 1.63. The molecule has 1 aromatic rings. The van der Waals surface area contributed by atoms with Gasteiger partial charge in [0.25, 0.3) is 5.91 Å². The van der Waals surface area contributed by atoms with Crippen LogP contribution in [-0.2, 0) is 6.73 Å². The Morgan fingerprint density at radius 3 is 2.90 bits per heavy atom. The van der Waals surface area contributed by atoms with Crippen LogP contribution in [0.4, 0.5) is 0 Å². The molecule has 6 nitrogen and oxygen atoms in total. The average Bonchev–Trinajstić information content (AvgIpc) is 2.34. The van der Waals surface area contributed by atoms with Crippen molar-refractivity contribution in [1.82, 2.24) is 14.8 Å². The lowest BCUT2D eigenvalue weighted by atomic mass is 10.6. The molecule has 1 aromatic heterocycles. The SMILES string of the molecule is NC(=O)c1ncn(CO)n1. The summed E-state index contributed by atoms with van der Waals surface area (Å²) in [5.41, 5.74) is 4.82. The van der Waals surface area contributed by atoms with Crippen molar-refractivity contribution < 1.29 is 9.90 Å². The Morgan fingerprint density at radius 2 is 2.60 bits per heavy atom. The van der Waals surface area contributed by atoms with Gasteiger partial charge < -0.3 is 10.8 Å². The topological polar surface area (TPSA) is 94.0 Å². The zero-order chi connectivity index (χ0) is 7.56. The standard InChI is InChI=1S/C4H6N4O2/c5-3(10)4-6-1-8(2-9)7-4/h1,9H,2H2,(H2,5,10). The first kappa shape index (κ1) is 6.69. The van der Waals surface area contributed by atoms with Crippen LogP contribution in [0.2, 0.25) is 0 Å². The summed E-state index contributed by atoms with van der Waals surface area (Å²) in [7, 11) is 0. The number of hydrogen-bond acceptors (Lipinski definition) is 4. The number of carbonyl (C=O) groups excluding carboxylic acids is 1. The van der Waals surface area contributed by atoms with Gasteiger partial charge in [-0.3, -0.25) is 4.79 Å². The molecule has 0 fully saturated rings. The van der Waals surface area contributed by atoms with Crippen LogP contribution < -0.4 is 5.73 Å². The highest BCUT2D eigenvalue weighted by atomic mass is 16.3. The number of carbonyl (C=O) groups is 1. The van der Waals surface area contributed by atoms with Crippen LogP contribution in [0.1, 0.15) is 10.6 Å². The van der Waals surface area contributed by atoms with E-state index < -0.39 is 5.91 Å².